The quantitative estimate of drug-likeness (QED) is 0.853. The Hall–Kier alpha value is -0.610. The third-order valence-corrected chi connectivity index (χ3v) is 3.41. The average molecular weight is 270 g/mol. The Labute approximate surface area is 117 Å². The van der Waals surface area contributed by atoms with Crippen LogP contribution in [0, 0.1) is 5.41 Å². The Kier molecular flexibility index (Phi) is 5.02. The SMILES string of the molecule is CN1C[C@H](NC(=O)C(C)(C)C)CC1COC(C)(C)C. The molecule has 1 N–H and O–H groups in total. The predicted molar refractivity (Wildman–Crippen MR) is 78.1 cm³/mol. The van der Waals surface area contributed by atoms with Crippen molar-refractivity contribution in [1.82, 2.24) is 10.2 Å². The van der Waals surface area contributed by atoms with E-state index in [0.29, 0.717) is 6.04 Å². The second kappa shape index (κ2) is 5.80. The van der Waals surface area contributed by atoms with Crippen molar-refractivity contribution in [2.75, 3.05) is 20.2 Å². The molecule has 1 saturated heterocycles. The number of nitrogens with zero attached hydrogens (tertiary/aromatic N) is 1. The Balaban J connectivity index is 2.44. The highest BCUT2D eigenvalue weighted by molar-refractivity contribution is 5.81. The van der Waals surface area contributed by atoms with E-state index in [-0.39, 0.29) is 23.0 Å². The van der Waals surface area contributed by atoms with Gasteiger partial charge in [0.25, 0.3) is 0 Å². The molecule has 1 unspecified atom stereocenters. The molecule has 0 aromatic rings. The molecule has 2 atom stereocenters. The first-order valence-electron chi connectivity index (χ1n) is 7.14. The molecule has 1 heterocycles. The molecule has 0 aliphatic carbocycles. The van der Waals surface area contributed by atoms with Gasteiger partial charge in [-0.2, -0.15) is 0 Å². The second-order valence-electron chi connectivity index (χ2n) is 7.67. The van der Waals surface area contributed by atoms with Gasteiger partial charge in [0, 0.05) is 24.0 Å². The van der Waals surface area contributed by atoms with Crippen molar-refractivity contribution in [2.45, 2.75) is 65.6 Å². The van der Waals surface area contributed by atoms with Crippen LogP contribution in [-0.4, -0.2) is 48.7 Å². The molecule has 0 bridgehead atoms. The minimum absolute atomic E-state index is 0.104. The number of carbonyl (C=O) groups is 1. The van der Waals surface area contributed by atoms with Crippen LogP contribution in [0.15, 0.2) is 0 Å². The minimum Gasteiger partial charge on any atom is -0.374 e. The van der Waals surface area contributed by atoms with Crippen LogP contribution in [-0.2, 0) is 9.53 Å². The maximum Gasteiger partial charge on any atom is 0.225 e. The largest absolute Gasteiger partial charge is 0.374 e. The first kappa shape index (κ1) is 16.4. The zero-order valence-electron chi connectivity index (χ0n) is 13.5. The molecule has 0 radical (unpaired) electrons. The molecule has 1 amide bonds. The van der Waals surface area contributed by atoms with E-state index in [0.717, 1.165) is 19.6 Å². The molecule has 1 aliphatic heterocycles. The van der Waals surface area contributed by atoms with Gasteiger partial charge < -0.3 is 10.1 Å². The molecule has 1 aliphatic rings. The lowest BCUT2D eigenvalue weighted by Gasteiger charge is -2.25. The van der Waals surface area contributed by atoms with Crippen molar-refractivity contribution < 1.29 is 9.53 Å². The van der Waals surface area contributed by atoms with Crippen molar-refractivity contribution in [3.05, 3.63) is 0 Å². The summed E-state index contributed by atoms with van der Waals surface area (Å²) in [5, 5.41) is 3.14. The van der Waals surface area contributed by atoms with E-state index in [4.69, 9.17) is 4.74 Å². The molecule has 4 heteroatoms. The maximum atomic E-state index is 12.0. The van der Waals surface area contributed by atoms with Crippen molar-refractivity contribution >= 4 is 5.91 Å². The van der Waals surface area contributed by atoms with Crippen LogP contribution >= 0.6 is 0 Å². The lowest BCUT2D eigenvalue weighted by atomic mass is 9.95. The van der Waals surface area contributed by atoms with Crippen LogP contribution in [0.25, 0.3) is 0 Å². The van der Waals surface area contributed by atoms with E-state index >= 15 is 0 Å². The van der Waals surface area contributed by atoms with Gasteiger partial charge in [-0.1, -0.05) is 20.8 Å². The van der Waals surface area contributed by atoms with Gasteiger partial charge in [-0.15, -0.1) is 0 Å². The molecular formula is C15H30N2O2. The number of rotatable bonds is 3. The topological polar surface area (TPSA) is 41.6 Å². The fraction of sp³-hybridized carbons (Fsp3) is 0.933. The van der Waals surface area contributed by atoms with Crippen molar-refractivity contribution in [2.24, 2.45) is 5.41 Å². The molecule has 19 heavy (non-hydrogen) atoms. The van der Waals surface area contributed by atoms with Crippen molar-refractivity contribution in [3.8, 4) is 0 Å². The highest BCUT2D eigenvalue weighted by Gasteiger charge is 2.33. The van der Waals surface area contributed by atoms with Gasteiger partial charge in [0.15, 0.2) is 0 Å². The highest BCUT2D eigenvalue weighted by Crippen LogP contribution is 2.20. The monoisotopic (exact) mass is 270 g/mol. The number of amides is 1. The molecular weight excluding hydrogens is 240 g/mol. The van der Waals surface area contributed by atoms with E-state index in [9.17, 15) is 4.79 Å². The number of hydrogen-bond donors (Lipinski definition) is 1. The van der Waals surface area contributed by atoms with Crippen LogP contribution in [0.2, 0.25) is 0 Å². The van der Waals surface area contributed by atoms with Gasteiger partial charge >= 0.3 is 0 Å². The summed E-state index contributed by atoms with van der Waals surface area (Å²) in [5.41, 5.74) is -0.424. The zero-order valence-corrected chi connectivity index (χ0v) is 13.5. The van der Waals surface area contributed by atoms with Gasteiger partial charge in [0.05, 0.1) is 12.2 Å². The number of nitrogens with one attached hydrogen (secondary N) is 1. The normalized spacial score (nSPS) is 25.6. The summed E-state index contributed by atoms with van der Waals surface area (Å²) in [5.74, 6) is 0.128. The fourth-order valence-electron chi connectivity index (χ4n) is 2.13. The second-order valence-corrected chi connectivity index (χ2v) is 7.67. The number of likely N-dealkylation sites (tertiary alicyclic amines) is 1. The Morgan fingerprint density at radius 2 is 1.84 bits per heavy atom. The minimum atomic E-state index is -0.321. The van der Waals surface area contributed by atoms with E-state index in [2.05, 4.69) is 38.0 Å². The Morgan fingerprint density at radius 1 is 1.26 bits per heavy atom. The maximum absolute atomic E-state index is 12.0. The molecule has 0 aromatic heterocycles. The average Bonchev–Trinajstić information content (AvgIpc) is 2.53. The van der Waals surface area contributed by atoms with Gasteiger partial charge in [-0.05, 0) is 34.2 Å². The summed E-state index contributed by atoms with van der Waals surface area (Å²) >= 11 is 0. The smallest absolute Gasteiger partial charge is 0.225 e. The van der Waals surface area contributed by atoms with E-state index in [1.807, 2.05) is 20.8 Å². The number of likely N-dealkylation sites (N-methyl/N-ethyl adjacent to an activating group) is 1. The lowest BCUT2D eigenvalue weighted by Crippen LogP contribution is -2.42. The van der Waals surface area contributed by atoms with Crippen molar-refractivity contribution in [1.29, 1.82) is 0 Å². The Morgan fingerprint density at radius 3 is 2.32 bits per heavy atom. The van der Waals surface area contributed by atoms with Crippen LogP contribution in [0.1, 0.15) is 48.0 Å². The van der Waals surface area contributed by atoms with Crippen LogP contribution < -0.4 is 5.32 Å². The number of hydrogen-bond acceptors (Lipinski definition) is 3. The zero-order chi connectivity index (χ0) is 14.8. The molecule has 112 valence electrons. The summed E-state index contributed by atoms with van der Waals surface area (Å²) in [7, 11) is 2.10. The van der Waals surface area contributed by atoms with Crippen molar-refractivity contribution in [3.63, 3.8) is 0 Å². The van der Waals surface area contributed by atoms with E-state index in [1.54, 1.807) is 0 Å². The molecule has 1 fully saturated rings. The van der Waals surface area contributed by atoms with Crippen LogP contribution in [0.3, 0.4) is 0 Å². The molecule has 0 spiro atoms. The molecule has 4 nitrogen and oxygen atoms in total. The standard InChI is InChI=1S/C15H30N2O2/c1-14(2,3)13(18)16-11-8-12(17(7)9-11)10-19-15(4,5)6/h11-12H,8-10H2,1-7H3,(H,16,18)/t11-,12?/m1/s1. The van der Waals surface area contributed by atoms with E-state index in [1.165, 1.54) is 0 Å². The lowest BCUT2D eigenvalue weighted by molar-refractivity contribution is -0.129. The summed E-state index contributed by atoms with van der Waals surface area (Å²) in [6.45, 7) is 13.7. The van der Waals surface area contributed by atoms with Crippen LogP contribution in [0.5, 0.6) is 0 Å². The predicted octanol–water partition coefficient (Wildman–Crippen LogP) is 2.04. The third-order valence-electron chi connectivity index (χ3n) is 3.41. The Bertz CT molecular complexity index is 315. The van der Waals surface area contributed by atoms with Gasteiger partial charge in [0.2, 0.25) is 5.91 Å². The first-order chi connectivity index (χ1) is 8.49. The summed E-state index contributed by atoms with van der Waals surface area (Å²) in [6.07, 6.45) is 0.967. The fourth-order valence-corrected chi connectivity index (χ4v) is 2.13. The molecule has 1 rings (SSSR count). The number of ether oxygens (including phenoxy) is 1. The van der Waals surface area contributed by atoms with Crippen LogP contribution in [0.4, 0.5) is 0 Å². The van der Waals surface area contributed by atoms with Gasteiger partial charge in [0.1, 0.15) is 0 Å². The molecule has 0 saturated carbocycles. The van der Waals surface area contributed by atoms with Gasteiger partial charge in [-0.25, -0.2) is 0 Å². The summed E-state index contributed by atoms with van der Waals surface area (Å²) in [6, 6.07) is 0.634. The highest BCUT2D eigenvalue weighted by atomic mass is 16.5. The summed E-state index contributed by atoms with van der Waals surface area (Å²) < 4.78 is 5.85. The van der Waals surface area contributed by atoms with E-state index < -0.39 is 0 Å². The third kappa shape index (κ3) is 5.49. The summed E-state index contributed by atoms with van der Waals surface area (Å²) in [4.78, 5) is 14.3. The first-order valence-corrected chi connectivity index (χ1v) is 7.14. The van der Waals surface area contributed by atoms with Gasteiger partial charge in [-0.3, -0.25) is 9.69 Å². The number of carbonyl (C=O) groups excluding carboxylic acids is 1. The molecule has 0 aromatic carbocycles.